The average Bonchev–Trinajstić information content (AvgIpc) is 3.57. The second kappa shape index (κ2) is 10.6. The van der Waals surface area contributed by atoms with Gasteiger partial charge >= 0.3 is 6.18 Å². The van der Waals surface area contributed by atoms with Crippen LogP contribution in [0.15, 0.2) is 73.1 Å². The number of ketones is 1. The molecule has 0 fully saturated rings. The van der Waals surface area contributed by atoms with Gasteiger partial charge in [0.2, 0.25) is 0 Å². The van der Waals surface area contributed by atoms with Crippen LogP contribution >= 0.6 is 0 Å². The van der Waals surface area contributed by atoms with Crippen LogP contribution in [0.2, 0.25) is 0 Å². The van der Waals surface area contributed by atoms with Crippen LogP contribution in [0.3, 0.4) is 0 Å². The van der Waals surface area contributed by atoms with E-state index in [0.29, 0.717) is 31.4 Å². The van der Waals surface area contributed by atoms with Crippen molar-refractivity contribution in [2.75, 3.05) is 6.54 Å². The standard InChI is InChI=1S/C28H26F3N5O2/c29-28(30,31)26-23(18-36(34-26)22-10-5-2-6-11-22)27(38)32-15-7-12-25(37)19-13-14-24-20(16-19)17-35(33-24)21-8-3-1-4-9-21/h1-6,8-11,17-19H,7,12-16H2,(H,32,38). The first-order valence-corrected chi connectivity index (χ1v) is 12.5. The molecule has 10 heteroatoms. The predicted molar refractivity (Wildman–Crippen MR) is 134 cm³/mol. The van der Waals surface area contributed by atoms with E-state index in [1.165, 1.54) is 0 Å². The molecule has 2 heterocycles. The van der Waals surface area contributed by atoms with E-state index < -0.39 is 23.3 Å². The summed E-state index contributed by atoms with van der Waals surface area (Å²) in [5.74, 6) is -0.916. The lowest BCUT2D eigenvalue weighted by molar-refractivity contribution is -0.141. The highest BCUT2D eigenvalue weighted by Gasteiger charge is 2.39. The normalized spacial score (nSPS) is 15.2. The summed E-state index contributed by atoms with van der Waals surface area (Å²) in [6, 6.07) is 18.0. The summed E-state index contributed by atoms with van der Waals surface area (Å²) >= 11 is 0. The number of nitrogens with zero attached hydrogens (tertiary/aromatic N) is 4. The highest BCUT2D eigenvalue weighted by Crippen LogP contribution is 2.31. The van der Waals surface area contributed by atoms with Crippen molar-refractivity contribution in [3.8, 4) is 11.4 Å². The van der Waals surface area contributed by atoms with Crippen LogP contribution in [-0.2, 0) is 23.8 Å². The number of hydrogen-bond acceptors (Lipinski definition) is 4. The monoisotopic (exact) mass is 521 g/mol. The number of aryl methyl sites for hydroxylation is 1. The molecule has 1 atom stereocenters. The molecule has 0 saturated heterocycles. The van der Waals surface area contributed by atoms with Gasteiger partial charge in [-0.15, -0.1) is 0 Å². The smallest absolute Gasteiger partial charge is 0.352 e. The fourth-order valence-electron chi connectivity index (χ4n) is 4.72. The Hall–Kier alpha value is -4.21. The van der Waals surface area contributed by atoms with Gasteiger partial charge in [0.05, 0.1) is 22.6 Å². The summed E-state index contributed by atoms with van der Waals surface area (Å²) in [6.45, 7) is 0.0856. The fraction of sp³-hybridized carbons (Fsp3) is 0.286. The van der Waals surface area contributed by atoms with Gasteiger partial charge in [-0.25, -0.2) is 9.36 Å². The minimum Gasteiger partial charge on any atom is -0.352 e. The van der Waals surface area contributed by atoms with Crippen molar-refractivity contribution in [3.05, 3.63) is 95.6 Å². The lowest BCUT2D eigenvalue weighted by atomic mass is 9.84. The zero-order valence-electron chi connectivity index (χ0n) is 20.5. The van der Waals surface area contributed by atoms with Crippen molar-refractivity contribution in [1.82, 2.24) is 24.9 Å². The average molecular weight is 522 g/mol. The number of carbonyl (C=O) groups is 2. The highest BCUT2D eigenvalue weighted by molar-refractivity contribution is 5.95. The van der Waals surface area contributed by atoms with E-state index in [1.54, 1.807) is 30.3 Å². The molecule has 1 N–H and O–H groups in total. The number of amides is 1. The van der Waals surface area contributed by atoms with Crippen molar-refractivity contribution in [1.29, 1.82) is 0 Å². The summed E-state index contributed by atoms with van der Waals surface area (Å²) in [7, 11) is 0. The summed E-state index contributed by atoms with van der Waals surface area (Å²) < 4.78 is 43.5. The summed E-state index contributed by atoms with van der Waals surface area (Å²) in [6.07, 6.45) is 0.878. The lowest BCUT2D eigenvalue weighted by Crippen LogP contribution is -2.28. The Morgan fingerprint density at radius 3 is 2.18 bits per heavy atom. The number of Topliss-reactive ketones (excluding diaryl/α,β-unsaturated/α-hetero) is 1. The first-order valence-electron chi connectivity index (χ1n) is 12.5. The summed E-state index contributed by atoms with van der Waals surface area (Å²) in [5.41, 5.74) is 1.63. The Balaban J connectivity index is 1.15. The number of nitrogens with one attached hydrogen (secondary N) is 1. The van der Waals surface area contributed by atoms with Crippen LogP contribution in [0.5, 0.6) is 0 Å². The Morgan fingerprint density at radius 1 is 0.921 bits per heavy atom. The molecule has 1 amide bonds. The third-order valence-corrected chi connectivity index (χ3v) is 6.68. The van der Waals surface area contributed by atoms with E-state index in [-0.39, 0.29) is 24.7 Å². The molecule has 4 aromatic rings. The van der Waals surface area contributed by atoms with Crippen molar-refractivity contribution >= 4 is 11.7 Å². The van der Waals surface area contributed by atoms with Crippen LogP contribution in [0, 0.1) is 5.92 Å². The maximum Gasteiger partial charge on any atom is 0.435 e. The minimum absolute atomic E-state index is 0.0856. The third-order valence-electron chi connectivity index (χ3n) is 6.68. The first-order chi connectivity index (χ1) is 18.3. The molecule has 1 aliphatic carbocycles. The molecule has 196 valence electrons. The Kier molecular flexibility index (Phi) is 7.13. The molecule has 0 aliphatic heterocycles. The first kappa shape index (κ1) is 25.4. The van der Waals surface area contributed by atoms with Crippen LogP contribution in [0.4, 0.5) is 13.2 Å². The van der Waals surface area contributed by atoms with Gasteiger partial charge in [-0.3, -0.25) is 9.59 Å². The number of alkyl halides is 3. The molecule has 7 nitrogen and oxygen atoms in total. The van der Waals surface area contributed by atoms with Gasteiger partial charge in [0, 0.05) is 31.3 Å². The quantitative estimate of drug-likeness (QED) is 0.332. The largest absolute Gasteiger partial charge is 0.435 e. The fourth-order valence-corrected chi connectivity index (χ4v) is 4.72. The number of rotatable bonds is 8. The lowest BCUT2D eigenvalue weighted by Gasteiger charge is -2.20. The Labute approximate surface area is 217 Å². The molecule has 1 aliphatic rings. The van der Waals surface area contributed by atoms with E-state index in [4.69, 9.17) is 0 Å². The summed E-state index contributed by atoms with van der Waals surface area (Å²) in [5, 5.41) is 10.8. The molecule has 2 aromatic heterocycles. The molecular weight excluding hydrogens is 495 g/mol. The number of hydrogen-bond donors (Lipinski definition) is 1. The van der Waals surface area contributed by atoms with E-state index >= 15 is 0 Å². The second-order valence-corrected chi connectivity index (χ2v) is 9.32. The van der Waals surface area contributed by atoms with Crippen molar-refractivity contribution in [2.45, 2.75) is 38.3 Å². The molecule has 1 unspecified atom stereocenters. The maximum absolute atomic E-state index is 13.5. The highest BCUT2D eigenvalue weighted by atomic mass is 19.4. The van der Waals surface area contributed by atoms with Gasteiger partial charge in [-0.05, 0) is 55.5 Å². The minimum atomic E-state index is -4.78. The molecule has 0 bridgehead atoms. The molecule has 0 saturated carbocycles. The summed E-state index contributed by atoms with van der Waals surface area (Å²) in [4.78, 5) is 25.4. The molecular formula is C28H26F3N5O2. The van der Waals surface area contributed by atoms with Gasteiger partial charge in [-0.1, -0.05) is 36.4 Å². The number of halogens is 3. The van der Waals surface area contributed by atoms with E-state index in [2.05, 4.69) is 15.5 Å². The van der Waals surface area contributed by atoms with E-state index in [1.807, 2.05) is 41.2 Å². The Morgan fingerprint density at radius 2 is 1.55 bits per heavy atom. The molecule has 5 rings (SSSR count). The number of para-hydroxylation sites is 2. The molecule has 2 aromatic carbocycles. The number of benzene rings is 2. The van der Waals surface area contributed by atoms with E-state index in [9.17, 15) is 22.8 Å². The maximum atomic E-state index is 13.5. The molecule has 0 spiro atoms. The SMILES string of the molecule is O=C(NCCCC(=O)C1CCc2nn(-c3ccccc3)cc2C1)c1cn(-c2ccccc2)nc1C(F)(F)F. The van der Waals surface area contributed by atoms with Gasteiger partial charge in [0.25, 0.3) is 5.91 Å². The van der Waals surface area contributed by atoms with Crippen molar-refractivity contribution in [3.63, 3.8) is 0 Å². The zero-order valence-corrected chi connectivity index (χ0v) is 20.5. The van der Waals surface area contributed by atoms with Gasteiger partial charge in [0.1, 0.15) is 5.78 Å². The number of aromatic nitrogens is 4. The second-order valence-electron chi connectivity index (χ2n) is 9.32. The van der Waals surface area contributed by atoms with Gasteiger partial charge in [0.15, 0.2) is 5.69 Å². The predicted octanol–water partition coefficient (Wildman–Crippen LogP) is 4.96. The van der Waals surface area contributed by atoms with Crippen LogP contribution in [-0.4, -0.2) is 37.8 Å². The van der Waals surface area contributed by atoms with Crippen LogP contribution < -0.4 is 5.32 Å². The van der Waals surface area contributed by atoms with Crippen LogP contribution in [0.25, 0.3) is 11.4 Å². The van der Waals surface area contributed by atoms with E-state index in [0.717, 1.165) is 27.8 Å². The number of fused-ring (bicyclic) bond motifs is 1. The van der Waals surface area contributed by atoms with Crippen LogP contribution in [0.1, 0.15) is 46.6 Å². The van der Waals surface area contributed by atoms with Crippen molar-refractivity contribution < 1.29 is 22.8 Å². The third kappa shape index (κ3) is 5.53. The topological polar surface area (TPSA) is 81.8 Å². The Bertz CT molecular complexity index is 1430. The van der Waals surface area contributed by atoms with Crippen molar-refractivity contribution in [2.24, 2.45) is 5.92 Å². The molecule has 0 radical (unpaired) electrons. The van der Waals surface area contributed by atoms with Gasteiger partial charge < -0.3 is 5.32 Å². The molecule has 38 heavy (non-hydrogen) atoms. The zero-order chi connectivity index (χ0) is 26.7. The van der Waals surface area contributed by atoms with Gasteiger partial charge in [-0.2, -0.15) is 23.4 Å². The number of carbonyl (C=O) groups excluding carboxylic acids is 2.